The van der Waals surface area contributed by atoms with E-state index in [1.54, 1.807) is 0 Å². The molecule has 0 saturated carbocycles. The third-order valence-corrected chi connectivity index (χ3v) is 3.10. The molecule has 1 heterocycles. The first-order valence-corrected chi connectivity index (χ1v) is 6.47. The summed E-state index contributed by atoms with van der Waals surface area (Å²) in [5.41, 5.74) is 1.14. The SMILES string of the molecule is CC(Nc1cccc(Br)n1)c1cccc(Cl)c1. The molecule has 1 aromatic heterocycles. The number of anilines is 1. The topological polar surface area (TPSA) is 24.9 Å². The first-order chi connectivity index (χ1) is 8.15. The zero-order chi connectivity index (χ0) is 12.3. The van der Waals surface area contributed by atoms with Gasteiger partial charge in [0.15, 0.2) is 0 Å². The highest BCUT2D eigenvalue weighted by molar-refractivity contribution is 9.10. The van der Waals surface area contributed by atoms with Crippen LogP contribution in [0.3, 0.4) is 0 Å². The van der Waals surface area contributed by atoms with Crippen LogP contribution in [0, 0.1) is 0 Å². The quantitative estimate of drug-likeness (QED) is 0.833. The summed E-state index contributed by atoms with van der Waals surface area (Å²) >= 11 is 9.31. The predicted octanol–water partition coefficient (Wildman–Crippen LogP) is 4.67. The van der Waals surface area contributed by atoms with Crippen LogP contribution < -0.4 is 5.32 Å². The second-order valence-electron chi connectivity index (χ2n) is 3.77. The third-order valence-electron chi connectivity index (χ3n) is 2.43. The molecule has 1 aromatic carbocycles. The fraction of sp³-hybridized carbons (Fsp3) is 0.154. The van der Waals surface area contributed by atoms with Crippen LogP contribution in [0.5, 0.6) is 0 Å². The number of hydrogen-bond acceptors (Lipinski definition) is 2. The monoisotopic (exact) mass is 310 g/mol. The Morgan fingerprint density at radius 3 is 2.71 bits per heavy atom. The number of benzene rings is 1. The number of nitrogens with one attached hydrogen (secondary N) is 1. The second-order valence-corrected chi connectivity index (χ2v) is 5.02. The van der Waals surface area contributed by atoms with Crippen molar-refractivity contribution in [2.75, 3.05) is 5.32 Å². The molecule has 0 fully saturated rings. The molecular weight excluding hydrogens is 300 g/mol. The van der Waals surface area contributed by atoms with Gasteiger partial charge < -0.3 is 5.32 Å². The predicted molar refractivity (Wildman–Crippen MR) is 75.4 cm³/mol. The maximum Gasteiger partial charge on any atom is 0.127 e. The van der Waals surface area contributed by atoms with E-state index in [2.05, 4.69) is 33.2 Å². The van der Waals surface area contributed by atoms with Crippen molar-refractivity contribution < 1.29 is 0 Å². The van der Waals surface area contributed by atoms with Crippen molar-refractivity contribution in [3.05, 3.63) is 57.7 Å². The average Bonchev–Trinajstić information content (AvgIpc) is 2.29. The molecule has 88 valence electrons. The molecule has 0 amide bonds. The summed E-state index contributed by atoms with van der Waals surface area (Å²) in [6.45, 7) is 2.08. The van der Waals surface area contributed by atoms with Gasteiger partial charge in [0.1, 0.15) is 10.4 Å². The number of hydrogen-bond donors (Lipinski definition) is 1. The number of aromatic nitrogens is 1. The van der Waals surface area contributed by atoms with Crippen LogP contribution >= 0.6 is 27.5 Å². The fourth-order valence-corrected chi connectivity index (χ4v) is 2.11. The van der Waals surface area contributed by atoms with Gasteiger partial charge in [-0.1, -0.05) is 29.8 Å². The minimum Gasteiger partial charge on any atom is -0.364 e. The lowest BCUT2D eigenvalue weighted by molar-refractivity contribution is 0.873. The molecule has 1 atom stereocenters. The van der Waals surface area contributed by atoms with Gasteiger partial charge in [-0.05, 0) is 52.7 Å². The van der Waals surface area contributed by atoms with Crippen molar-refractivity contribution in [1.82, 2.24) is 4.98 Å². The van der Waals surface area contributed by atoms with Crippen LogP contribution in [0.1, 0.15) is 18.5 Å². The third kappa shape index (κ3) is 3.45. The van der Waals surface area contributed by atoms with Gasteiger partial charge in [-0.15, -0.1) is 0 Å². The van der Waals surface area contributed by atoms with E-state index in [9.17, 15) is 0 Å². The molecular formula is C13H12BrClN2. The molecule has 4 heteroatoms. The summed E-state index contributed by atoms with van der Waals surface area (Å²) in [5.74, 6) is 0.840. The van der Waals surface area contributed by atoms with Gasteiger partial charge >= 0.3 is 0 Å². The van der Waals surface area contributed by atoms with E-state index >= 15 is 0 Å². The van der Waals surface area contributed by atoms with Gasteiger partial charge in [-0.2, -0.15) is 0 Å². The lowest BCUT2D eigenvalue weighted by Crippen LogP contribution is -2.07. The van der Waals surface area contributed by atoms with Crippen LogP contribution in [0.15, 0.2) is 47.1 Å². The van der Waals surface area contributed by atoms with Gasteiger partial charge in [-0.3, -0.25) is 0 Å². The second kappa shape index (κ2) is 5.52. The summed E-state index contributed by atoms with van der Waals surface area (Å²) in [6.07, 6.45) is 0. The molecule has 0 spiro atoms. The van der Waals surface area contributed by atoms with Crippen LogP contribution in [-0.2, 0) is 0 Å². The Bertz CT molecular complexity index is 516. The number of halogens is 2. The lowest BCUT2D eigenvalue weighted by Gasteiger charge is -2.15. The van der Waals surface area contributed by atoms with Crippen LogP contribution in [-0.4, -0.2) is 4.98 Å². The Balaban J connectivity index is 2.14. The van der Waals surface area contributed by atoms with E-state index < -0.39 is 0 Å². The Labute approximate surface area is 114 Å². The smallest absolute Gasteiger partial charge is 0.127 e. The maximum atomic E-state index is 5.97. The van der Waals surface area contributed by atoms with Crippen molar-refractivity contribution in [3.8, 4) is 0 Å². The Kier molecular flexibility index (Phi) is 4.02. The lowest BCUT2D eigenvalue weighted by atomic mass is 10.1. The Morgan fingerprint density at radius 2 is 2.00 bits per heavy atom. The van der Waals surface area contributed by atoms with Gasteiger partial charge in [0.25, 0.3) is 0 Å². The molecule has 2 rings (SSSR count). The van der Waals surface area contributed by atoms with Gasteiger partial charge in [0.05, 0.1) is 0 Å². The molecule has 0 saturated heterocycles. The van der Waals surface area contributed by atoms with E-state index in [0.717, 1.165) is 21.0 Å². The minimum atomic E-state index is 0.162. The molecule has 0 bridgehead atoms. The molecule has 1 N–H and O–H groups in total. The zero-order valence-electron chi connectivity index (χ0n) is 9.32. The molecule has 2 nitrogen and oxygen atoms in total. The molecule has 0 aliphatic carbocycles. The summed E-state index contributed by atoms with van der Waals surface area (Å²) in [5, 5.41) is 4.07. The molecule has 0 aliphatic heterocycles. The summed E-state index contributed by atoms with van der Waals surface area (Å²) < 4.78 is 0.820. The van der Waals surface area contributed by atoms with Crippen LogP contribution in [0.4, 0.5) is 5.82 Å². The summed E-state index contributed by atoms with van der Waals surface area (Å²) in [4.78, 5) is 4.33. The normalized spacial score (nSPS) is 12.2. The summed E-state index contributed by atoms with van der Waals surface area (Å²) in [6, 6.07) is 13.8. The Hall–Kier alpha value is -1.06. The van der Waals surface area contributed by atoms with E-state index in [1.807, 2.05) is 42.5 Å². The first kappa shape index (κ1) is 12.4. The standard InChI is InChI=1S/C13H12BrClN2/c1-9(10-4-2-5-11(15)8-10)16-13-7-3-6-12(14)17-13/h2-9H,1H3,(H,16,17). The molecule has 17 heavy (non-hydrogen) atoms. The number of rotatable bonds is 3. The van der Waals surface area contributed by atoms with Gasteiger partial charge in [0, 0.05) is 11.1 Å². The first-order valence-electron chi connectivity index (χ1n) is 5.30. The molecule has 0 aliphatic rings. The molecule has 2 aromatic rings. The van der Waals surface area contributed by atoms with E-state index in [-0.39, 0.29) is 6.04 Å². The van der Waals surface area contributed by atoms with Crippen molar-refractivity contribution in [2.45, 2.75) is 13.0 Å². The minimum absolute atomic E-state index is 0.162. The van der Waals surface area contributed by atoms with Gasteiger partial charge in [-0.25, -0.2) is 4.98 Å². The molecule has 0 radical (unpaired) electrons. The van der Waals surface area contributed by atoms with Crippen molar-refractivity contribution in [3.63, 3.8) is 0 Å². The van der Waals surface area contributed by atoms with Crippen molar-refractivity contribution in [2.24, 2.45) is 0 Å². The van der Waals surface area contributed by atoms with Crippen LogP contribution in [0.2, 0.25) is 5.02 Å². The average molecular weight is 312 g/mol. The van der Waals surface area contributed by atoms with E-state index in [1.165, 1.54) is 0 Å². The highest BCUT2D eigenvalue weighted by Crippen LogP contribution is 2.21. The highest BCUT2D eigenvalue weighted by Gasteiger charge is 2.06. The number of nitrogens with zero attached hydrogens (tertiary/aromatic N) is 1. The molecule has 1 unspecified atom stereocenters. The zero-order valence-corrected chi connectivity index (χ0v) is 11.7. The largest absolute Gasteiger partial charge is 0.364 e. The summed E-state index contributed by atoms with van der Waals surface area (Å²) in [7, 11) is 0. The van der Waals surface area contributed by atoms with E-state index in [0.29, 0.717) is 0 Å². The fourth-order valence-electron chi connectivity index (χ4n) is 1.57. The van der Waals surface area contributed by atoms with Crippen molar-refractivity contribution in [1.29, 1.82) is 0 Å². The Morgan fingerprint density at radius 1 is 1.24 bits per heavy atom. The highest BCUT2D eigenvalue weighted by atomic mass is 79.9. The van der Waals surface area contributed by atoms with Crippen molar-refractivity contribution >= 4 is 33.3 Å². The van der Waals surface area contributed by atoms with Crippen LogP contribution in [0.25, 0.3) is 0 Å². The number of pyridine rings is 1. The van der Waals surface area contributed by atoms with E-state index in [4.69, 9.17) is 11.6 Å². The maximum absolute atomic E-state index is 5.97. The van der Waals surface area contributed by atoms with Gasteiger partial charge in [0.2, 0.25) is 0 Å².